The standard InChI is InChI=1S/C29H28N2O4/c1-4-6-7-8-16-30-26(32)19-12-14-21-24-22(15-13-20(23(19)24)27(30)33)29(35)31(28(21)34)25-17(3)10-9-11-18(25)5-2/h9-15H,4-8,16H2,1-3H3. The van der Waals surface area contributed by atoms with Gasteiger partial charge in [0.15, 0.2) is 0 Å². The Labute approximate surface area is 204 Å². The van der Waals surface area contributed by atoms with E-state index >= 15 is 0 Å². The molecule has 5 rings (SSSR count). The van der Waals surface area contributed by atoms with Gasteiger partial charge in [-0.3, -0.25) is 24.1 Å². The molecule has 6 heteroatoms. The molecule has 0 aliphatic carbocycles. The normalized spacial score (nSPS) is 14.9. The van der Waals surface area contributed by atoms with Gasteiger partial charge in [-0.25, -0.2) is 4.90 Å². The first-order chi connectivity index (χ1) is 16.9. The second-order valence-corrected chi connectivity index (χ2v) is 9.28. The van der Waals surface area contributed by atoms with Crippen LogP contribution in [0.4, 0.5) is 5.69 Å². The zero-order chi connectivity index (χ0) is 24.9. The van der Waals surface area contributed by atoms with E-state index in [9.17, 15) is 19.2 Å². The minimum atomic E-state index is -0.433. The summed E-state index contributed by atoms with van der Waals surface area (Å²) in [4.78, 5) is 56.6. The Morgan fingerprint density at radius 3 is 1.71 bits per heavy atom. The molecule has 0 spiro atoms. The van der Waals surface area contributed by atoms with Crippen molar-refractivity contribution in [2.75, 3.05) is 11.4 Å². The van der Waals surface area contributed by atoms with E-state index in [0.717, 1.165) is 36.8 Å². The van der Waals surface area contributed by atoms with E-state index in [1.807, 2.05) is 32.0 Å². The van der Waals surface area contributed by atoms with Crippen molar-refractivity contribution in [1.82, 2.24) is 4.90 Å². The van der Waals surface area contributed by atoms with Crippen molar-refractivity contribution in [3.05, 3.63) is 75.8 Å². The minimum absolute atomic E-state index is 0.336. The van der Waals surface area contributed by atoms with E-state index in [-0.39, 0.29) is 11.8 Å². The van der Waals surface area contributed by atoms with E-state index in [2.05, 4.69) is 6.92 Å². The van der Waals surface area contributed by atoms with Crippen molar-refractivity contribution in [3.8, 4) is 0 Å². The van der Waals surface area contributed by atoms with Crippen LogP contribution < -0.4 is 4.90 Å². The third-order valence-electron chi connectivity index (χ3n) is 7.14. The van der Waals surface area contributed by atoms with Gasteiger partial charge in [0.05, 0.1) is 5.69 Å². The topological polar surface area (TPSA) is 74.8 Å². The number of amides is 4. The van der Waals surface area contributed by atoms with Crippen molar-refractivity contribution < 1.29 is 19.2 Å². The maximum absolute atomic E-state index is 13.7. The lowest BCUT2D eigenvalue weighted by atomic mass is 9.85. The number of carbonyl (C=O) groups is 4. The van der Waals surface area contributed by atoms with Crippen LogP contribution in [0.3, 0.4) is 0 Å². The van der Waals surface area contributed by atoms with E-state index < -0.39 is 11.8 Å². The number of aryl methyl sites for hydroxylation is 2. The molecule has 2 aliphatic rings. The van der Waals surface area contributed by atoms with Crippen molar-refractivity contribution >= 4 is 40.1 Å². The predicted molar refractivity (Wildman–Crippen MR) is 135 cm³/mol. The number of nitrogens with zero attached hydrogens (tertiary/aromatic N) is 2. The van der Waals surface area contributed by atoms with Gasteiger partial charge in [0.1, 0.15) is 0 Å². The number of imide groups is 2. The Kier molecular flexibility index (Phi) is 5.75. The molecule has 0 aromatic heterocycles. The monoisotopic (exact) mass is 468 g/mol. The van der Waals surface area contributed by atoms with Gasteiger partial charge in [0, 0.05) is 39.6 Å². The summed E-state index contributed by atoms with van der Waals surface area (Å²) in [6.45, 7) is 6.35. The van der Waals surface area contributed by atoms with E-state index in [0.29, 0.717) is 51.7 Å². The lowest BCUT2D eigenvalue weighted by Gasteiger charge is -2.33. The Balaban J connectivity index is 1.64. The smallest absolute Gasteiger partial charge is 0.266 e. The van der Waals surface area contributed by atoms with Gasteiger partial charge >= 0.3 is 0 Å². The number of hydrogen-bond acceptors (Lipinski definition) is 4. The van der Waals surface area contributed by atoms with Crippen LogP contribution in [-0.4, -0.2) is 35.1 Å². The summed E-state index contributed by atoms with van der Waals surface area (Å²) in [7, 11) is 0. The molecule has 6 nitrogen and oxygen atoms in total. The highest BCUT2D eigenvalue weighted by Gasteiger charge is 2.40. The molecule has 0 saturated heterocycles. The van der Waals surface area contributed by atoms with E-state index in [4.69, 9.17) is 0 Å². The summed E-state index contributed by atoms with van der Waals surface area (Å²) in [5.74, 6) is -1.59. The summed E-state index contributed by atoms with van der Waals surface area (Å²) in [6.07, 6.45) is 4.49. The predicted octanol–water partition coefficient (Wildman–Crippen LogP) is 5.69. The van der Waals surface area contributed by atoms with Gasteiger partial charge in [-0.05, 0) is 55.2 Å². The van der Waals surface area contributed by atoms with Gasteiger partial charge in [0.2, 0.25) is 0 Å². The molecule has 0 atom stereocenters. The first kappa shape index (κ1) is 23.0. The molecule has 2 heterocycles. The first-order valence-electron chi connectivity index (χ1n) is 12.3. The molecular weight excluding hydrogens is 440 g/mol. The molecule has 2 aliphatic heterocycles. The highest BCUT2D eigenvalue weighted by Crippen LogP contribution is 2.40. The summed E-state index contributed by atoms with van der Waals surface area (Å²) in [6, 6.07) is 12.2. The Morgan fingerprint density at radius 2 is 1.20 bits per heavy atom. The van der Waals surface area contributed by atoms with Crippen LogP contribution in [0.5, 0.6) is 0 Å². The maximum atomic E-state index is 13.7. The molecule has 4 amide bonds. The second kappa shape index (κ2) is 8.77. The molecule has 3 aromatic rings. The molecular formula is C29H28N2O4. The van der Waals surface area contributed by atoms with E-state index in [1.165, 1.54) is 9.80 Å². The summed E-state index contributed by atoms with van der Waals surface area (Å²) in [5.41, 5.74) is 3.76. The summed E-state index contributed by atoms with van der Waals surface area (Å²) < 4.78 is 0. The third kappa shape index (κ3) is 3.39. The Bertz CT molecular complexity index is 1350. The average Bonchev–Trinajstić information content (AvgIpc) is 2.86. The van der Waals surface area contributed by atoms with Gasteiger partial charge in [-0.1, -0.05) is 51.3 Å². The lowest BCUT2D eigenvalue weighted by Crippen LogP contribution is -2.44. The highest BCUT2D eigenvalue weighted by molar-refractivity contribution is 6.39. The molecule has 178 valence electrons. The molecule has 35 heavy (non-hydrogen) atoms. The molecule has 0 saturated carbocycles. The largest absolute Gasteiger partial charge is 0.274 e. The molecule has 0 fully saturated rings. The molecule has 0 radical (unpaired) electrons. The van der Waals surface area contributed by atoms with Crippen LogP contribution >= 0.6 is 0 Å². The van der Waals surface area contributed by atoms with Crippen molar-refractivity contribution in [2.45, 2.75) is 52.9 Å². The average molecular weight is 469 g/mol. The summed E-state index contributed by atoms with van der Waals surface area (Å²) in [5, 5.41) is 0.826. The van der Waals surface area contributed by atoms with Crippen LogP contribution in [0.15, 0.2) is 42.5 Å². The maximum Gasteiger partial charge on any atom is 0.266 e. The van der Waals surface area contributed by atoms with Gasteiger partial charge in [-0.2, -0.15) is 0 Å². The fourth-order valence-corrected chi connectivity index (χ4v) is 5.35. The second-order valence-electron chi connectivity index (χ2n) is 9.28. The molecule has 3 aromatic carbocycles. The Hall–Kier alpha value is -3.80. The highest BCUT2D eigenvalue weighted by atomic mass is 16.2. The van der Waals surface area contributed by atoms with Crippen LogP contribution in [0.2, 0.25) is 0 Å². The fraction of sp³-hybridized carbons (Fsp3) is 0.310. The number of rotatable bonds is 7. The number of benzene rings is 3. The zero-order valence-corrected chi connectivity index (χ0v) is 20.3. The number of unbranched alkanes of at least 4 members (excludes halogenated alkanes) is 3. The van der Waals surface area contributed by atoms with Crippen LogP contribution in [-0.2, 0) is 6.42 Å². The van der Waals surface area contributed by atoms with Gasteiger partial charge < -0.3 is 0 Å². The quantitative estimate of drug-likeness (QED) is 0.330. The lowest BCUT2D eigenvalue weighted by molar-refractivity contribution is 0.0606. The van der Waals surface area contributed by atoms with Gasteiger partial charge in [-0.15, -0.1) is 0 Å². The Morgan fingerprint density at radius 1 is 0.657 bits per heavy atom. The van der Waals surface area contributed by atoms with Crippen LogP contribution in [0, 0.1) is 6.92 Å². The first-order valence-corrected chi connectivity index (χ1v) is 12.3. The van der Waals surface area contributed by atoms with Crippen molar-refractivity contribution in [1.29, 1.82) is 0 Å². The molecule has 0 N–H and O–H groups in total. The van der Waals surface area contributed by atoms with E-state index in [1.54, 1.807) is 24.3 Å². The summed E-state index contributed by atoms with van der Waals surface area (Å²) >= 11 is 0. The number of para-hydroxylation sites is 1. The van der Waals surface area contributed by atoms with Crippen LogP contribution in [0.25, 0.3) is 10.8 Å². The van der Waals surface area contributed by atoms with Crippen LogP contribution in [0.1, 0.15) is 92.1 Å². The van der Waals surface area contributed by atoms with Gasteiger partial charge in [0.25, 0.3) is 23.6 Å². The molecule has 0 unspecified atom stereocenters. The fourth-order valence-electron chi connectivity index (χ4n) is 5.35. The number of anilines is 1. The third-order valence-corrected chi connectivity index (χ3v) is 7.14. The molecule has 0 bridgehead atoms. The SMILES string of the molecule is CCCCCCN1C(=O)c2ccc3c4c(ccc(c24)C1=O)C(=O)N(c1c(C)cccc1CC)C3=O. The van der Waals surface area contributed by atoms with Crippen molar-refractivity contribution in [2.24, 2.45) is 0 Å². The number of hydrogen-bond donors (Lipinski definition) is 0. The number of carbonyl (C=O) groups excluding carboxylic acids is 4. The zero-order valence-electron chi connectivity index (χ0n) is 20.3. The minimum Gasteiger partial charge on any atom is -0.274 e. The van der Waals surface area contributed by atoms with Crippen molar-refractivity contribution in [3.63, 3.8) is 0 Å².